The van der Waals surface area contributed by atoms with Gasteiger partial charge in [-0.15, -0.1) is 0 Å². The molecule has 0 unspecified atom stereocenters. The molecule has 0 atom stereocenters. The molecular formula is C40H82CaO4. The van der Waals surface area contributed by atoms with E-state index < -0.39 is 5.97 Å². The van der Waals surface area contributed by atoms with Crippen molar-refractivity contribution in [1.29, 1.82) is 0 Å². The molecule has 0 aliphatic rings. The molecular weight excluding hydrogens is 585 g/mol. The Morgan fingerprint density at radius 1 is 0.378 bits per heavy atom. The molecule has 1 N–H and O–H groups in total. The molecule has 0 saturated carbocycles. The predicted molar refractivity (Wildman–Crippen MR) is 201 cm³/mol. The van der Waals surface area contributed by atoms with Gasteiger partial charge in [-0.2, -0.15) is 0 Å². The average Bonchev–Trinajstić information content (AvgIpc) is 3.01. The second-order valence-electron chi connectivity index (χ2n) is 13.4. The Bertz CT molecular complexity index is 526. The molecule has 268 valence electrons. The summed E-state index contributed by atoms with van der Waals surface area (Å²) in [6.07, 6.45) is 42.7. The first-order chi connectivity index (χ1) is 21.6. The molecule has 0 bridgehead atoms. The molecule has 0 rings (SSSR count). The van der Waals surface area contributed by atoms with Crippen LogP contribution in [-0.2, 0) is 14.3 Å². The molecule has 0 aromatic rings. The van der Waals surface area contributed by atoms with Gasteiger partial charge in [-0.05, 0) is 19.3 Å². The summed E-state index contributed by atoms with van der Waals surface area (Å²) in [7, 11) is 0. The quantitative estimate of drug-likeness (QED) is 0.0415. The molecule has 0 radical (unpaired) electrons. The van der Waals surface area contributed by atoms with Crippen molar-refractivity contribution in [3.63, 3.8) is 0 Å². The van der Waals surface area contributed by atoms with Gasteiger partial charge in [0.25, 0.3) is 0 Å². The van der Waals surface area contributed by atoms with Gasteiger partial charge in [-0.3, -0.25) is 9.59 Å². The third kappa shape index (κ3) is 51.2. The summed E-state index contributed by atoms with van der Waals surface area (Å²) in [5.74, 6) is -0.636. The normalized spacial score (nSPS) is 10.6. The number of carboxylic acids is 1. The van der Waals surface area contributed by atoms with Gasteiger partial charge in [-0.1, -0.05) is 207 Å². The molecule has 0 heterocycles. The van der Waals surface area contributed by atoms with Gasteiger partial charge in [0.2, 0.25) is 0 Å². The Labute approximate surface area is 312 Å². The third-order valence-electron chi connectivity index (χ3n) is 8.74. The Hall–Kier alpha value is 0.200. The van der Waals surface area contributed by atoms with Gasteiger partial charge in [-0.25, -0.2) is 0 Å². The van der Waals surface area contributed by atoms with Crippen LogP contribution in [0.5, 0.6) is 0 Å². The van der Waals surface area contributed by atoms with Crippen molar-refractivity contribution in [3.8, 4) is 0 Å². The Kier molecular flexibility index (Phi) is 51.0. The van der Waals surface area contributed by atoms with E-state index >= 15 is 0 Å². The molecule has 0 aromatic carbocycles. The van der Waals surface area contributed by atoms with Gasteiger partial charge in [0.05, 0.1) is 6.61 Å². The van der Waals surface area contributed by atoms with Crippen molar-refractivity contribution in [1.82, 2.24) is 0 Å². The zero-order valence-corrected chi connectivity index (χ0v) is 30.4. The van der Waals surface area contributed by atoms with Crippen LogP contribution < -0.4 is 0 Å². The number of carbonyl (C=O) groups is 2. The van der Waals surface area contributed by atoms with Gasteiger partial charge < -0.3 is 9.84 Å². The van der Waals surface area contributed by atoms with Crippen LogP contribution in [0.15, 0.2) is 0 Å². The SMILES string of the molecule is CCCCCCCCCCCCCC(=O)O.CCCCCCCCCCCCCC(=O)OCCCCCCCCCCCC.[CaH2]. The van der Waals surface area contributed by atoms with E-state index in [0.717, 1.165) is 25.7 Å². The fraction of sp³-hybridized carbons (Fsp3) is 0.950. The number of carboxylic acid groups (broad SMARTS) is 1. The molecule has 0 aliphatic carbocycles. The summed E-state index contributed by atoms with van der Waals surface area (Å²) in [5.41, 5.74) is 0. The summed E-state index contributed by atoms with van der Waals surface area (Å²) < 4.78 is 5.37. The molecule has 45 heavy (non-hydrogen) atoms. The van der Waals surface area contributed by atoms with E-state index in [1.807, 2.05) is 0 Å². The number of hydrogen-bond donors (Lipinski definition) is 1. The topological polar surface area (TPSA) is 63.6 Å². The number of esters is 1. The minimum atomic E-state index is -0.657. The van der Waals surface area contributed by atoms with Crippen molar-refractivity contribution in [2.45, 2.75) is 239 Å². The average molecular weight is 667 g/mol. The maximum atomic E-state index is 11.7. The van der Waals surface area contributed by atoms with Crippen LogP contribution in [0.3, 0.4) is 0 Å². The maximum absolute atomic E-state index is 11.7. The second-order valence-corrected chi connectivity index (χ2v) is 13.4. The van der Waals surface area contributed by atoms with Crippen molar-refractivity contribution < 1.29 is 19.4 Å². The first-order valence-corrected chi connectivity index (χ1v) is 20.0. The third-order valence-corrected chi connectivity index (χ3v) is 8.74. The molecule has 4 nitrogen and oxygen atoms in total. The molecule has 0 aromatic heterocycles. The first-order valence-electron chi connectivity index (χ1n) is 20.0. The van der Waals surface area contributed by atoms with Gasteiger partial charge in [0.1, 0.15) is 0 Å². The van der Waals surface area contributed by atoms with Gasteiger partial charge >= 0.3 is 49.7 Å². The van der Waals surface area contributed by atoms with E-state index in [-0.39, 0.29) is 43.7 Å². The molecule has 0 spiro atoms. The first kappa shape index (κ1) is 49.6. The summed E-state index contributed by atoms with van der Waals surface area (Å²) in [4.78, 5) is 22.0. The van der Waals surface area contributed by atoms with Crippen LogP contribution in [0, 0.1) is 0 Å². The Morgan fingerprint density at radius 3 is 0.911 bits per heavy atom. The van der Waals surface area contributed by atoms with Crippen LogP contribution in [0.1, 0.15) is 239 Å². The second kappa shape index (κ2) is 46.3. The van der Waals surface area contributed by atoms with E-state index in [2.05, 4.69) is 20.8 Å². The fourth-order valence-corrected chi connectivity index (χ4v) is 5.72. The van der Waals surface area contributed by atoms with Gasteiger partial charge in [0.15, 0.2) is 0 Å². The molecule has 5 heteroatoms. The van der Waals surface area contributed by atoms with Crippen molar-refractivity contribution in [2.75, 3.05) is 6.61 Å². The van der Waals surface area contributed by atoms with Crippen LogP contribution in [0.2, 0.25) is 0 Å². The van der Waals surface area contributed by atoms with E-state index in [4.69, 9.17) is 9.84 Å². The predicted octanol–water partition coefficient (Wildman–Crippen LogP) is 13.0. The van der Waals surface area contributed by atoms with Gasteiger partial charge in [0, 0.05) is 12.8 Å². The molecule has 0 aliphatic heterocycles. The Morgan fingerprint density at radius 2 is 0.622 bits per heavy atom. The van der Waals surface area contributed by atoms with E-state index in [1.54, 1.807) is 0 Å². The van der Waals surface area contributed by atoms with Crippen molar-refractivity contribution in [2.24, 2.45) is 0 Å². The zero-order chi connectivity index (χ0) is 32.6. The van der Waals surface area contributed by atoms with Crippen LogP contribution in [0.25, 0.3) is 0 Å². The monoisotopic (exact) mass is 667 g/mol. The zero-order valence-electron chi connectivity index (χ0n) is 30.4. The molecule has 0 amide bonds. The number of hydrogen-bond acceptors (Lipinski definition) is 3. The van der Waals surface area contributed by atoms with Crippen LogP contribution in [-0.4, -0.2) is 61.4 Å². The number of unbranched alkanes of at least 4 members (excludes halogenated alkanes) is 29. The fourth-order valence-electron chi connectivity index (χ4n) is 5.72. The van der Waals surface area contributed by atoms with E-state index in [9.17, 15) is 9.59 Å². The number of rotatable bonds is 35. The van der Waals surface area contributed by atoms with Crippen molar-refractivity contribution >= 4 is 49.7 Å². The van der Waals surface area contributed by atoms with E-state index in [0.29, 0.717) is 19.4 Å². The molecule has 0 fully saturated rings. The summed E-state index contributed by atoms with van der Waals surface area (Å²) in [6, 6.07) is 0. The standard InChI is InChI=1S/C26H52O2.C14H28O2.Ca.2H/c1-3-5-7-9-11-13-15-16-18-20-22-24-26(27)28-25-23-21-19-17-14-12-10-8-6-4-2;1-2-3-4-5-6-7-8-9-10-11-12-13-14(15)16;;;/h3-25H2,1-2H3;2-13H2,1H3,(H,15,16);;;. The van der Waals surface area contributed by atoms with Crippen molar-refractivity contribution in [3.05, 3.63) is 0 Å². The summed E-state index contributed by atoms with van der Waals surface area (Å²) >= 11 is 0. The number of carbonyl (C=O) groups excluding carboxylic acids is 1. The minimum absolute atomic E-state index is 0. The summed E-state index contributed by atoms with van der Waals surface area (Å²) in [5, 5.41) is 8.46. The van der Waals surface area contributed by atoms with Crippen LogP contribution in [0.4, 0.5) is 0 Å². The van der Waals surface area contributed by atoms with Crippen LogP contribution >= 0.6 is 0 Å². The van der Waals surface area contributed by atoms with E-state index in [1.165, 1.54) is 180 Å². The number of ether oxygens (including phenoxy) is 1. The molecule has 0 saturated heterocycles. The summed E-state index contributed by atoms with van der Waals surface area (Å²) in [6.45, 7) is 7.42. The Balaban J connectivity index is -0.000000884. The number of aliphatic carboxylic acids is 1.